The molecule has 1 aliphatic rings. The summed E-state index contributed by atoms with van der Waals surface area (Å²) in [6, 6.07) is 7.61. The lowest BCUT2D eigenvalue weighted by Crippen LogP contribution is -2.54. The molecular weight excluding hydrogens is 574 g/mol. The fourth-order valence-electron chi connectivity index (χ4n) is 4.43. The molecule has 1 amide bonds. The van der Waals surface area contributed by atoms with Gasteiger partial charge in [0.05, 0.1) is 12.1 Å². The van der Waals surface area contributed by atoms with E-state index in [4.69, 9.17) is 14.3 Å². The van der Waals surface area contributed by atoms with Crippen LogP contribution in [0.15, 0.2) is 47.8 Å². The van der Waals surface area contributed by atoms with Crippen LogP contribution in [-0.4, -0.2) is 52.2 Å². The van der Waals surface area contributed by atoms with Crippen LogP contribution in [0, 0.1) is 23.3 Å². The number of benzene rings is 2. The smallest absolute Gasteiger partial charge is 0.308 e. The van der Waals surface area contributed by atoms with Gasteiger partial charge in [-0.25, -0.2) is 8.78 Å². The zero-order valence-electron chi connectivity index (χ0n) is 23.8. The standard InChI is InChI=1S/C30H29F4N3O6/c1-5-30(14-21(37-43-30)26-17-9-7-6-8-16(17)10-11-35-26)28(40)36-20(13-23(39)42-29(2,3)4)22(38)15-41-27-24(33)18(31)12-19(32)25(27)34/h6-12,20H,5,13-15H2,1-4H3,(H,36,40)/t20-,30?/m0/s1. The van der Waals surface area contributed by atoms with Crippen LogP contribution in [0.1, 0.15) is 52.7 Å². The average Bonchev–Trinajstić information content (AvgIpc) is 3.40. The highest BCUT2D eigenvalue weighted by atomic mass is 19.2. The van der Waals surface area contributed by atoms with E-state index >= 15 is 0 Å². The number of amides is 1. The summed E-state index contributed by atoms with van der Waals surface area (Å²) in [5.74, 6) is -11.4. The van der Waals surface area contributed by atoms with Crippen molar-refractivity contribution < 1.29 is 46.3 Å². The predicted molar refractivity (Wildman–Crippen MR) is 146 cm³/mol. The van der Waals surface area contributed by atoms with Crippen LogP contribution in [0.3, 0.4) is 0 Å². The maximum Gasteiger partial charge on any atom is 0.308 e. The zero-order chi connectivity index (χ0) is 31.5. The molecule has 2 aromatic carbocycles. The Morgan fingerprint density at radius 3 is 2.40 bits per heavy atom. The van der Waals surface area contributed by atoms with Crippen LogP contribution in [-0.2, 0) is 24.0 Å². The van der Waals surface area contributed by atoms with E-state index in [9.17, 15) is 31.9 Å². The summed E-state index contributed by atoms with van der Waals surface area (Å²) in [5, 5.41) is 8.23. The lowest BCUT2D eigenvalue weighted by Gasteiger charge is -2.27. The third kappa shape index (κ3) is 6.92. The van der Waals surface area contributed by atoms with E-state index in [1.807, 2.05) is 30.3 Å². The molecule has 2 atom stereocenters. The number of hydrogen-bond acceptors (Lipinski definition) is 8. The lowest BCUT2D eigenvalue weighted by atomic mass is 9.90. The number of rotatable bonds is 10. The normalized spacial score (nSPS) is 17.2. The van der Waals surface area contributed by atoms with Gasteiger partial charge in [0.1, 0.15) is 24.0 Å². The number of halogens is 4. The minimum absolute atomic E-state index is 0.0131. The second kappa shape index (κ2) is 12.4. The van der Waals surface area contributed by atoms with Crippen LogP contribution in [0.5, 0.6) is 5.75 Å². The summed E-state index contributed by atoms with van der Waals surface area (Å²) in [6.45, 7) is 5.28. The number of carbonyl (C=O) groups excluding carboxylic acids is 3. The van der Waals surface area contributed by atoms with E-state index in [1.54, 1.807) is 33.9 Å². The second-order valence-electron chi connectivity index (χ2n) is 10.9. The van der Waals surface area contributed by atoms with Crippen molar-refractivity contribution in [3.63, 3.8) is 0 Å². The van der Waals surface area contributed by atoms with Crippen molar-refractivity contribution >= 4 is 34.1 Å². The number of aromatic nitrogens is 1. The Bertz CT molecular complexity index is 1580. The van der Waals surface area contributed by atoms with E-state index in [-0.39, 0.29) is 18.9 Å². The molecule has 1 N–H and O–H groups in total. The number of Topliss-reactive ketones (excluding diaryl/α,β-unsaturated/α-hetero) is 1. The maximum atomic E-state index is 14.1. The number of oxime groups is 1. The SMILES string of the molecule is CCC1(C(=O)N[C@@H](CC(=O)OC(C)(C)C)C(=O)COc2c(F)c(F)cc(F)c2F)CC(c2nccc3ccccc23)=NO1. The number of ketones is 1. The first kappa shape index (κ1) is 31.4. The van der Waals surface area contributed by atoms with Gasteiger partial charge in [0, 0.05) is 24.1 Å². The van der Waals surface area contributed by atoms with Crippen molar-refractivity contribution in [3.05, 3.63) is 71.6 Å². The molecule has 43 heavy (non-hydrogen) atoms. The number of fused-ring (bicyclic) bond motifs is 1. The van der Waals surface area contributed by atoms with Crippen molar-refractivity contribution in [2.24, 2.45) is 5.16 Å². The van der Waals surface area contributed by atoms with Gasteiger partial charge >= 0.3 is 5.97 Å². The summed E-state index contributed by atoms with van der Waals surface area (Å²) >= 11 is 0. The van der Waals surface area contributed by atoms with Crippen LogP contribution in [0.2, 0.25) is 0 Å². The fraction of sp³-hybridized carbons (Fsp3) is 0.367. The first-order valence-electron chi connectivity index (χ1n) is 13.3. The van der Waals surface area contributed by atoms with Crippen LogP contribution in [0.4, 0.5) is 17.6 Å². The van der Waals surface area contributed by atoms with E-state index in [0.717, 1.165) is 10.8 Å². The third-order valence-corrected chi connectivity index (χ3v) is 6.63. The van der Waals surface area contributed by atoms with Crippen molar-refractivity contribution in [2.75, 3.05) is 6.61 Å². The minimum Gasteiger partial charge on any atom is -0.479 e. The van der Waals surface area contributed by atoms with Crippen LogP contribution >= 0.6 is 0 Å². The molecule has 228 valence electrons. The van der Waals surface area contributed by atoms with E-state index in [2.05, 4.69) is 15.5 Å². The molecule has 0 spiro atoms. The second-order valence-corrected chi connectivity index (χ2v) is 10.9. The molecule has 1 aliphatic heterocycles. The predicted octanol–water partition coefficient (Wildman–Crippen LogP) is 4.93. The Morgan fingerprint density at radius 1 is 1.07 bits per heavy atom. The highest BCUT2D eigenvalue weighted by molar-refractivity contribution is 6.12. The Hall–Kier alpha value is -4.55. The molecule has 0 saturated heterocycles. The first-order chi connectivity index (χ1) is 20.2. The third-order valence-electron chi connectivity index (χ3n) is 6.63. The summed E-state index contributed by atoms with van der Waals surface area (Å²) < 4.78 is 65.4. The molecule has 0 radical (unpaired) electrons. The molecule has 0 saturated carbocycles. The molecule has 0 aliphatic carbocycles. The van der Waals surface area contributed by atoms with Gasteiger partial charge in [0.25, 0.3) is 5.91 Å². The van der Waals surface area contributed by atoms with Gasteiger partial charge in [-0.15, -0.1) is 0 Å². The fourth-order valence-corrected chi connectivity index (χ4v) is 4.43. The Labute approximate surface area is 244 Å². The molecule has 3 aromatic rings. The molecule has 1 unspecified atom stereocenters. The van der Waals surface area contributed by atoms with Crippen molar-refractivity contribution in [1.29, 1.82) is 0 Å². The van der Waals surface area contributed by atoms with Crippen LogP contribution in [0.25, 0.3) is 10.8 Å². The number of nitrogens with zero attached hydrogens (tertiary/aromatic N) is 2. The number of pyridine rings is 1. The summed E-state index contributed by atoms with van der Waals surface area (Å²) in [7, 11) is 0. The Kier molecular flexibility index (Phi) is 9.02. The summed E-state index contributed by atoms with van der Waals surface area (Å²) in [4.78, 5) is 49.4. The Morgan fingerprint density at radius 2 is 1.74 bits per heavy atom. The molecule has 9 nitrogen and oxygen atoms in total. The number of ether oxygens (including phenoxy) is 2. The number of esters is 1. The molecule has 2 heterocycles. The van der Waals surface area contributed by atoms with Gasteiger partial charge in [-0.05, 0) is 38.6 Å². The van der Waals surface area contributed by atoms with Crippen molar-refractivity contribution in [2.45, 2.75) is 64.2 Å². The highest BCUT2D eigenvalue weighted by Crippen LogP contribution is 2.32. The number of hydrogen-bond donors (Lipinski definition) is 1. The largest absolute Gasteiger partial charge is 0.479 e. The summed E-state index contributed by atoms with van der Waals surface area (Å²) in [5.41, 5.74) is -1.65. The maximum absolute atomic E-state index is 14.1. The average molecular weight is 604 g/mol. The minimum atomic E-state index is -1.85. The number of carbonyl (C=O) groups is 3. The van der Waals surface area contributed by atoms with Gasteiger partial charge in [-0.3, -0.25) is 19.4 Å². The van der Waals surface area contributed by atoms with Gasteiger partial charge in [0.2, 0.25) is 17.2 Å². The zero-order valence-corrected chi connectivity index (χ0v) is 23.8. The summed E-state index contributed by atoms with van der Waals surface area (Å²) in [6.07, 6.45) is 0.975. The van der Waals surface area contributed by atoms with Crippen molar-refractivity contribution in [1.82, 2.24) is 10.3 Å². The van der Waals surface area contributed by atoms with Gasteiger partial charge in [-0.2, -0.15) is 8.78 Å². The lowest BCUT2D eigenvalue weighted by molar-refractivity contribution is -0.157. The molecule has 13 heteroatoms. The molecular formula is C30H29F4N3O6. The van der Waals surface area contributed by atoms with E-state index in [0.29, 0.717) is 11.4 Å². The molecule has 1 aromatic heterocycles. The highest BCUT2D eigenvalue weighted by Gasteiger charge is 2.47. The first-order valence-corrected chi connectivity index (χ1v) is 13.3. The molecule has 0 fully saturated rings. The van der Waals surface area contributed by atoms with Gasteiger partial charge in [0.15, 0.2) is 23.2 Å². The van der Waals surface area contributed by atoms with Crippen LogP contribution < -0.4 is 10.1 Å². The van der Waals surface area contributed by atoms with Gasteiger partial charge < -0.3 is 19.6 Å². The Balaban J connectivity index is 1.55. The van der Waals surface area contributed by atoms with E-state index in [1.165, 1.54) is 0 Å². The van der Waals surface area contributed by atoms with Gasteiger partial charge in [-0.1, -0.05) is 36.3 Å². The van der Waals surface area contributed by atoms with Crippen molar-refractivity contribution in [3.8, 4) is 5.75 Å². The topological polar surface area (TPSA) is 116 Å². The quantitative estimate of drug-likeness (QED) is 0.199. The monoisotopic (exact) mass is 603 g/mol. The van der Waals surface area contributed by atoms with E-state index < -0.39 is 76.9 Å². The number of nitrogens with one attached hydrogen (secondary N) is 1. The molecule has 4 rings (SSSR count). The molecule has 0 bridgehead atoms.